The molecule has 0 bridgehead atoms. The summed E-state index contributed by atoms with van der Waals surface area (Å²) in [5.41, 5.74) is 0. The number of carbonyl (C=O) groups is 1. The van der Waals surface area contributed by atoms with Crippen molar-refractivity contribution in [3.8, 4) is 0 Å². The molecule has 1 atom stereocenters. The van der Waals surface area contributed by atoms with Crippen molar-refractivity contribution in [1.82, 2.24) is 0 Å². The molecule has 0 aliphatic rings. The van der Waals surface area contributed by atoms with Gasteiger partial charge in [-0.25, -0.2) is 5.26 Å². The summed E-state index contributed by atoms with van der Waals surface area (Å²) >= 11 is 0. The maximum absolute atomic E-state index is 11.2. The summed E-state index contributed by atoms with van der Waals surface area (Å²) < 4.78 is 4.47. The highest BCUT2D eigenvalue weighted by Crippen LogP contribution is 2.23. The van der Waals surface area contributed by atoms with E-state index < -0.39 is 24.3 Å². The van der Waals surface area contributed by atoms with Crippen LogP contribution in [0.4, 0.5) is 0 Å². The van der Waals surface area contributed by atoms with E-state index >= 15 is 0 Å². The van der Waals surface area contributed by atoms with Crippen LogP contribution in [-0.2, 0) is 14.4 Å². The van der Waals surface area contributed by atoms with E-state index in [2.05, 4.69) is 9.62 Å². The van der Waals surface area contributed by atoms with Gasteiger partial charge in [-0.15, -0.1) is 0 Å². The van der Waals surface area contributed by atoms with Gasteiger partial charge < -0.3 is 14.9 Å². The van der Waals surface area contributed by atoms with Gasteiger partial charge in [0.25, 0.3) is 0 Å². The maximum atomic E-state index is 11.2. The zero-order valence-corrected chi connectivity index (χ0v) is 8.43. The van der Waals surface area contributed by atoms with E-state index in [0.29, 0.717) is 0 Å². The normalized spacial score (nSPS) is 14.2. The number of rotatable bonds is 5. The third kappa shape index (κ3) is 4.01. The van der Waals surface area contributed by atoms with Crippen LogP contribution in [-0.4, -0.2) is 34.5 Å². The lowest BCUT2D eigenvalue weighted by atomic mass is 9.91. The van der Waals surface area contributed by atoms with Crippen LogP contribution < -0.4 is 0 Å². The van der Waals surface area contributed by atoms with Crippen molar-refractivity contribution >= 4 is 5.97 Å². The van der Waals surface area contributed by atoms with Gasteiger partial charge in [0.1, 0.15) is 0 Å². The molecule has 6 nitrogen and oxygen atoms in total. The summed E-state index contributed by atoms with van der Waals surface area (Å²) in [4.78, 5) is 14.6. The molecule has 6 heteroatoms. The summed E-state index contributed by atoms with van der Waals surface area (Å²) in [6.45, 7) is 3.43. The van der Waals surface area contributed by atoms with Crippen LogP contribution in [0.1, 0.15) is 20.3 Å². The van der Waals surface area contributed by atoms with Crippen LogP contribution in [0.5, 0.6) is 0 Å². The molecule has 0 fully saturated rings. The summed E-state index contributed by atoms with van der Waals surface area (Å²) in [6, 6.07) is 0. The summed E-state index contributed by atoms with van der Waals surface area (Å²) in [7, 11) is 1.20. The fourth-order valence-corrected chi connectivity index (χ4v) is 1.07. The first-order valence-electron chi connectivity index (χ1n) is 4.19. The van der Waals surface area contributed by atoms with E-state index in [9.17, 15) is 4.79 Å². The Balaban J connectivity index is 4.46. The fourth-order valence-electron chi connectivity index (χ4n) is 1.07. The molecule has 1 unspecified atom stereocenters. The highest BCUT2D eigenvalue weighted by Gasteiger charge is 2.35. The van der Waals surface area contributed by atoms with Crippen molar-refractivity contribution in [1.29, 1.82) is 0 Å². The molecular weight excluding hydrogens is 192 g/mol. The van der Waals surface area contributed by atoms with Crippen molar-refractivity contribution in [2.45, 2.75) is 26.2 Å². The Morgan fingerprint density at radius 1 is 1.43 bits per heavy atom. The molecule has 0 aliphatic carbocycles. The molecule has 0 saturated heterocycles. The Morgan fingerprint density at radius 2 is 1.93 bits per heavy atom. The molecule has 0 saturated carbocycles. The van der Waals surface area contributed by atoms with Crippen molar-refractivity contribution in [2.24, 2.45) is 11.8 Å². The molecule has 0 aromatic rings. The topological polar surface area (TPSA) is 96.2 Å². The molecule has 0 aromatic carbocycles. The lowest BCUT2D eigenvalue weighted by Gasteiger charge is -2.24. The number of ether oxygens (including phenoxy) is 1. The third-order valence-electron chi connectivity index (χ3n) is 1.94. The van der Waals surface area contributed by atoms with Crippen molar-refractivity contribution in [2.75, 3.05) is 7.11 Å². The standard InChI is InChI=1S/C8H16O6/c1-5(2)6(7(9)13-3)4-8(10,11)14-12/h5-6,10-12H,4H2,1-3H3. The summed E-state index contributed by atoms with van der Waals surface area (Å²) in [5, 5.41) is 26.1. The van der Waals surface area contributed by atoms with Gasteiger partial charge in [0.15, 0.2) is 0 Å². The molecule has 0 aromatic heterocycles. The second kappa shape index (κ2) is 5.26. The zero-order valence-electron chi connectivity index (χ0n) is 8.43. The molecule has 0 amide bonds. The molecule has 0 heterocycles. The average molecular weight is 208 g/mol. The zero-order chi connectivity index (χ0) is 11.4. The van der Waals surface area contributed by atoms with Crippen molar-refractivity contribution in [3.63, 3.8) is 0 Å². The molecule has 84 valence electrons. The van der Waals surface area contributed by atoms with Gasteiger partial charge in [0.05, 0.1) is 13.0 Å². The van der Waals surface area contributed by atoms with E-state index in [-0.39, 0.29) is 5.92 Å². The molecule has 0 radical (unpaired) electrons. The van der Waals surface area contributed by atoms with Crippen LogP contribution in [0.2, 0.25) is 0 Å². The number of methoxy groups -OCH3 is 1. The second-order valence-corrected chi connectivity index (χ2v) is 3.41. The molecule has 0 spiro atoms. The number of carbonyl (C=O) groups excluding carboxylic acids is 1. The Hall–Kier alpha value is -0.690. The smallest absolute Gasteiger partial charge is 0.309 e. The average Bonchev–Trinajstić information content (AvgIpc) is 2.13. The van der Waals surface area contributed by atoms with Crippen LogP contribution in [0.15, 0.2) is 0 Å². The Bertz CT molecular complexity index is 188. The lowest BCUT2D eigenvalue weighted by Crippen LogP contribution is -2.37. The van der Waals surface area contributed by atoms with Crippen molar-refractivity contribution < 1.29 is 29.9 Å². The number of hydrogen-bond donors (Lipinski definition) is 3. The molecule has 14 heavy (non-hydrogen) atoms. The van der Waals surface area contributed by atoms with E-state index in [1.165, 1.54) is 7.11 Å². The maximum Gasteiger partial charge on any atom is 0.309 e. The molecule has 0 aliphatic heterocycles. The van der Waals surface area contributed by atoms with E-state index in [0.717, 1.165) is 0 Å². The highest BCUT2D eigenvalue weighted by atomic mass is 17.2. The number of esters is 1. The first kappa shape index (κ1) is 13.3. The quantitative estimate of drug-likeness (QED) is 0.254. The minimum absolute atomic E-state index is 0.156. The first-order chi connectivity index (χ1) is 6.34. The third-order valence-corrected chi connectivity index (χ3v) is 1.94. The van der Waals surface area contributed by atoms with Crippen LogP contribution in [0, 0.1) is 11.8 Å². The van der Waals surface area contributed by atoms with E-state index in [4.69, 9.17) is 15.5 Å². The number of hydrogen-bond acceptors (Lipinski definition) is 6. The number of aliphatic hydroxyl groups is 2. The Labute approximate surface area is 82.0 Å². The Morgan fingerprint density at radius 3 is 2.21 bits per heavy atom. The monoisotopic (exact) mass is 208 g/mol. The molecular formula is C8H16O6. The minimum atomic E-state index is -2.72. The summed E-state index contributed by atoms with van der Waals surface area (Å²) in [6.07, 6.45) is -0.451. The fraction of sp³-hybridized carbons (Fsp3) is 0.875. The molecule has 0 rings (SSSR count). The van der Waals surface area contributed by atoms with Crippen LogP contribution in [0.3, 0.4) is 0 Å². The van der Waals surface area contributed by atoms with Gasteiger partial charge in [-0.3, -0.25) is 4.79 Å². The Kier molecular flexibility index (Phi) is 5.00. The highest BCUT2D eigenvalue weighted by molar-refractivity contribution is 5.72. The predicted molar refractivity (Wildman–Crippen MR) is 45.8 cm³/mol. The largest absolute Gasteiger partial charge is 0.469 e. The first-order valence-corrected chi connectivity index (χ1v) is 4.19. The van der Waals surface area contributed by atoms with Crippen LogP contribution >= 0.6 is 0 Å². The van der Waals surface area contributed by atoms with E-state index in [1.807, 2.05) is 0 Å². The minimum Gasteiger partial charge on any atom is -0.469 e. The van der Waals surface area contributed by atoms with E-state index in [1.54, 1.807) is 13.8 Å². The van der Waals surface area contributed by atoms with Crippen LogP contribution in [0.25, 0.3) is 0 Å². The summed E-state index contributed by atoms with van der Waals surface area (Å²) in [5.74, 6) is -4.20. The SMILES string of the molecule is COC(=O)C(CC(O)(O)OO)C(C)C. The second-order valence-electron chi connectivity index (χ2n) is 3.41. The van der Waals surface area contributed by atoms with Gasteiger partial charge in [-0.2, -0.15) is 4.89 Å². The van der Waals surface area contributed by atoms with Gasteiger partial charge in [0.2, 0.25) is 0 Å². The van der Waals surface area contributed by atoms with Gasteiger partial charge >= 0.3 is 11.9 Å². The van der Waals surface area contributed by atoms with Crippen molar-refractivity contribution in [3.05, 3.63) is 0 Å². The van der Waals surface area contributed by atoms with Gasteiger partial charge in [-0.05, 0) is 5.92 Å². The van der Waals surface area contributed by atoms with Gasteiger partial charge in [0, 0.05) is 6.42 Å². The van der Waals surface area contributed by atoms with Gasteiger partial charge in [-0.1, -0.05) is 13.8 Å². The predicted octanol–water partition coefficient (Wildman–Crippen LogP) is -0.0503. The lowest BCUT2D eigenvalue weighted by molar-refractivity contribution is -0.473. The molecule has 3 N–H and O–H groups in total.